The summed E-state index contributed by atoms with van der Waals surface area (Å²) < 4.78 is 40.2. The van der Waals surface area contributed by atoms with E-state index in [0.717, 1.165) is 0 Å². The predicted octanol–water partition coefficient (Wildman–Crippen LogP) is 2.83. The van der Waals surface area contributed by atoms with E-state index in [1.165, 1.54) is 25.1 Å². The van der Waals surface area contributed by atoms with Crippen LogP contribution in [0.15, 0.2) is 29.4 Å². The predicted molar refractivity (Wildman–Crippen MR) is 52.0 cm³/mol. The summed E-state index contributed by atoms with van der Waals surface area (Å²) in [5.41, 5.74) is 0.805. The van der Waals surface area contributed by atoms with Gasteiger partial charge in [-0.25, -0.2) is 0 Å². The van der Waals surface area contributed by atoms with Crippen molar-refractivity contribution in [2.24, 2.45) is 5.16 Å². The standard InChI is InChI=1S/C10H10F3NO2/c1-7(14-15)8-3-2-4-9(5-8)16-6-10(11,12)13/h2-5,15H,6H2,1H3/b14-7+. The van der Waals surface area contributed by atoms with Crippen LogP contribution in [0, 0.1) is 0 Å². The summed E-state index contributed by atoms with van der Waals surface area (Å²) in [4.78, 5) is 0. The number of ether oxygens (including phenoxy) is 1. The molecule has 1 rings (SSSR count). The molecule has 1 aromatic carbocycles. The molecule has 0 bridgehead atoms. The monoisotopic (exact) mass is 233 g/mol. The molecule has 0 aliphatic heterocycles. The minimum atomic E-state index is -4.36. The molecule has 0 saturated carbocycles. The number of hydrogen-bond donors (Lipinski definition) is 1. The van der Waals surface area contributed by atoms with E-state index >= 15 is 0 Å². The van der Waals surface area contributed by atoms with Gasteiger partial charge < -0.3 is 9.94 Å². The van der Waals surface area contributed by atoms with Gasteiger partial charge in [0.1, 0.15) is 5.75 Å². The molecule has 0 spiro atoms. The molecule has 0 aromatic heterocycles. The van der Waals surface area contributed by atoms with E-state index in [9.17, 15) is 13.2 Å². The van der Waals surface area contributed by atoms with Crippen molar-refractivity contribution in [3.05, 3.63) is 29.8 Å². The van der Waals surface area contributed by atoms with Gasteiger partial charge in [0.05, 0.1) is 5.71 Å². The first-order valence-corrected chi connectivity index (χ1v) is 4.41. The topological polar surface area (TPSA) is 41.8 Å². The van der Waals surface area contributed by atoms with E-state index in [1.807, 2.05) is 0 Å². The Morgan fingerprint density at radius 1 is 1.44 bits per heavy atom. The van der Waals surface area contributed by atoms with Crippen LogP contribution in [0.1, 0.15) is 12.5 Å². The van der Waals surface area contributed by atoms with Crippen molar-refractivity contribution in [1.29, 1.82) is 0 Å². The van der Waals surface area contributed by atoms with Crippen molar-refractivity contribution in [3.8, 4) is 5.75 Å². The first kappa shape index (κ1) is 12.4. The number of rotatable bonds is 3. The second kappa shape index (κ2) is 4.87. The first-order valence-electron chi connectivity index (χ1n) is 4.41. The average Bonchev–Trinajstić information content (AvgIpc) is 2.25. The fourth-order valence-corrected chi connectivity index (χ4v) is 1.03. The van der Waals surface area contributed by atoms with Gasteiger partial charge in [-0.3, -0.25) is 0 Å². The summed E-state index contributed by atoms with van der Waals surface area (Å²) in [6.07, 6.45) is -4.36. The van der Waals surface area contributed by atoms with E-state index < -0.39 is 12.8 Å². The minimum absolute atomic E-state index is 0.0813. The number of hydrogen-bond acceptors (Lipinski definition) is 3. The average molecular weight is 233 g/mol. The first-order chi connectivity index (χ1) is 7.42. The lowest BCUT2D eigenvalue weighted by Gasteiger charge is -2.09. The van der Waals surface area contributed by atoms with Gasteiger partial charge in [0.2, 0.25) is 0 Å². The van der Waals surface area contributed by atoms with Gasteiger partial charge in [0.25, 0.3) is 0 Å². The zero-order valence-corrected chi connectivity index (χ0v) is 8.45. The van der Waals surface area contributed by atoms with Gasteiger partial charge in [-0.1, -0.05) is 17.3 Å². The van der Waals surface area contributed by atoms with Crippen molar-refractivity contribution < 1.29 is 23.1 Å². The third kappa shape index (κ3) is 3.80. The molecule has 16 heavy (non-hydrogen) atoms. The highest BCUT2D eigenvalue weighted by Crippen LogP contribution is 2.19. The molecule has 0 radical (unpaired) electrons. The molecular formula is C10H10F3NO2. The van der Waals surface area contributed by atoms with Crippen molar-refractivity contribution >= 4 is 5.71 Å². The summed E-state index contributed by atoms with van der Waals surface area (Å²) in [5.74, 6) is 0.0813. The van der Waals surface area contributed by atoms with E-state index in [0.29, 0.717) is 11.3 Å². The summed E-state index contributed by atoms with van der Waals surface area (Å²) in [6.45, 7) is 0.189. The fraction of sp³-hybridized carbons (Fsp3) is 0.300. The SMILES string of the molecule is C/C(=N\O)c1cccc(OCC(F)(F)F)c1. The molecule has 1 aromatic rings. The Bertz CT molecular complexity index is 388. The molecule has 0 atom stereocenters. The second-order valence-corrected chi connectivity index (χ2v) is 3.12. The molecule has 88 valence electrons. The van der Waals surface area contributed by atoms with Gasteiger partial charge in [-0.15, -0.1) is 0 Å². The lowest BCUT2D eigenvalue weighted by molar-refractivity contribution is -0.153. The van der Waals surface area contributed by atoms with Crippen LogP contribution in [0.2, 0.25) is 0 Å². The highest BCUT2D eigenvalue weighted by atomic mass is 19.4. The van der Waals surface area contributed by atoms with Gasteiger partial charge in [-0.05, 0) is 19.1 Å². The number of nitrogens with zero attached hydrogens (tertiary/aromatic N) is 1. The molecule has 0 amide bonds. The number of benzene rings is 1. The minimum Gasteiger partial charge on any atom is -0.484 e. The van der Waals surface area contributed by atoms with E-state index in [-0.39, 0.29) is 5.75 Å². The fourth-order valence-electron chi connectivity index (χ4n) is 1.03. The normalized spacial score (nSPS) is 12.6. The van der Waals surface area contributed by atoms with Crippen molar-refractivity contribution in [1.82, 2.24) is 0 Å². The number of oxime groups is 1. The van der Waals surface area contributed by atoms with Crippen LogP contribution in [0.25, 0.3) is 0 Å². The maximum Gasteiger partial charge on any atom is 0.422 e. The molecule has 0 unspecified atom stereocenters. The summed E-state index contributed by atoms with van der Waals surface area (Å²) in [5, 5.41) is 11.5. The van der Waals surface area contributed by atoms with E-state index in [4.69, 9.17) is 5.21 Å². The molecule has 0 fully saturated rings. The van der Waals surface area contributed by atoms with Gasteiger partial charge in [0, 0.05) is 5.56 Å². The highest BCUT2D eigenvalue weighted by molar-refractivity contribution is 5.98. The molecule has 1 N–H and O–H groups in total. The van der Waals surface area contributed by atoms with Gasteiger partial charge in [-0.2, -0.15) is 13.2 Å². The third-order valence-electron chi connectivity index (χ3n) is 1.80. The van der Waals surface area contributed by atoms with Crippen molar-refractivity contribution in [2.45, 2.75) is 13.1 Å². The molecule has 6 heteroatoms. The maximum absolute atomic E-state index is 11.9. The Morgan fingerprint density at radius 3 is 2.69 bits per heavy atom. The lowest BCUT2D eigenvalue weighted by atomic mass is 10.1. The van der Waals surface area contributed by atoms with Gasteiger partial charge in [0.15, 0.2) is 6.61 Å². The largest absolute Gasteiger partial charge is 0.484 e. The van der Waals surface area contributed by atoms with E-state index in [1.54, 1.807) is 6.07 Å². The summed E-state index contributed by atoms with van der Waals surface area (Å²) in [7, 11) is 0. The zero-order chi connectivity index (χ0) is 12.2. The quantitative estimate of drug-likeness (QED) is 0.495. The third-order valence-corrected chi connectivity index (χ3v) is 1.80. The second-order valence-electron chi connectivity index (χ2n) is 3.12. The molecule has 0 aliphatic carbocycles. The Kier molecular flexibility index (Phi) is 3.76. The molecular weight excluding hydrogens is 223 g/mol. The van der Waals surface area contributed by atoms with Crippen LogP contribution in [0.3, 0.4) is 0 Å². The van der Waals surface area contributed by atoms with Crippen LogP contribution >= 0.6 is 0 Å². The van der Waals surface area contributed by atoms with Crippen LogP contribution in [0.5, 0.6) is 5.75 Å². The highest BCUT2D eigenvalue weighted by Gasteiger charge is 2.28. The van der Waals surface area contributed by atoms with Crippen LogP contribution < -0.4 is 4.74 Å². The summed E-state index contributed by atoms with van der Waals surface area (Å²) in [6, 6.07) is 5.91. The van der Waals surface area contributed by atoms with Crippen LogP contribution in [0.4, 0.5) is 13.2 Å². The molecule has 0 saturated heterocycles. The Morgan fingerprint density at radius 2 is 2.12 bits per heavy atom. The van der Waals surface area contributed by atoms with Crippen LogP contribution in [-0.2, 0) is 0 Å². The molecule has 0 heterocycles. The van der Waals surface area contributed by atoms with Crippen molar-refractivity contribution in [2.75, 3.05) is 6.61 Å². The van der Waals surface area contributed by atoms with E-state index in [2.05, 4.69) is 9.89 Å². The molecule has 3 nitrogen and oxygen atoms in total. The smallest absolute Gasteiger partial charge is 0.422 e. The summed E-state index contributed by atoms with van der Waals surface area (Å²) >= 11 is 0. The number of halogens is 3. The molecule has 0 aliphatic rings. The van der Waals surface area contributed by atoms with Crippen molar-refractivity contribution in [3.63, 3.8) is 0 Å². The van der Waals surface area contributed by atoms with Gasteiger partial charge >= 0.3 is 6.18 Å². The lowest BCUT2D eigenvalue weighted by Crippen LogP contribution is -2.19. The Labute approximate surface area is 90.1 Å². The Balaban J connectivity index is 2.76. The zero-order valence-electron chi connectivity index (χ0n) is 8.45. The Hall–Kier alpha value is -1.72. The number of alkyl halides is 3. The van der Waals surface area contributed by atoms with Crippen LogP contribution in [-0.4, -0.2) is 23.7 Å². The maximum atomic E-state index is 11.9.